The highest BCUT2D eigenvalue weighted by Gasteiger charge is 2.09. The molecule has 0 fully saturated rings. The third kappa shape index (κ3) is 2.67. The minimum Gasteiger partial charge on any atom is -0.496 e. The van der Waals surface area contributed by atoms with E-state index < -0.39 is 5.97 Å². The van der Waals surface area contributed by atoms with Crippen molar-refractivity contribution in [3.05, 3.63) is 35.4 Å². The van der Waals surface area contributed by atoms with E-state index in [0.29, 0.717) is 11.8 Å². The number of hydrogen-bond acceptors (Lipinski definition) is 3. The third-order valence-electron chi connectivity index (χ3n) is 1.82. The Hall–Kier alpha value is -2.10. The van der Waals surface area contributed by atoms with Gasteiger partial charge >= 0.3 is 5.97 Å². The average Bonchev–Trinajstić information content (AvgIpc) is 2.25. The van der Waals surface area contributed by atoms with E-state index in [0.717, 1.165) is 0 Å². The molecule has 0 aliphatic rings. The van der Waals surface area contributed by atoms with E-state index >= 15 is 0 Å². The zero-order valence-electron chi connectivity index (χ0n) is 8.14. The fraction of sp³-hybridized carbons (Fsp3) is 0.0909. The normalized spacial score (nSPS) is 10.2. The van der Waals surface area contributed by atoms with Crippen LogP contribution in [0.4, 0.5) is 0 Å². The first-order valence-corrected chi connectivity index (χ1v) is 4.22. The zero-order valence-corrected chi connectivity index (χ0v) is 8.14. The molecule has 0 unspecified atom stereocenters. The van der Waals surface area contributed by atoms with Crippen molar-refractivity contribution < 1.29 is 19.4 Å². The van der Waals surface area contributed by atoms with Crippen LogP contribution in [0.1, 0.15) is 15.9 Å². The van der Waals surface area contributed by atoms with Gasteiger partial charge in [0.25, 0.3) is 0 Å². The Kier molecular flexibility index (Phi) is 3.62. The second-order valence-electron chi connectivity index (χ2n) is 2.76. The fourth-order valence-corrected chi connectivity index (χ4v) is 1.14. The van der Waals surface area contributed by atoms with E-state index in [1.54, 1.807) is 18.2 Å². The summed E-state index contributed by atoms with van der Waals surface area (Å²) in [6.45, 7) is 0. The first-order valence-electron chi connectivity index (χ1n) is 4.22. The van der Waals surface area contributed by atoms with Gasteiger partial charge in [-0.3, -0.25) is 4.79 Å². The Morgan fingerprint density at radius 3 is 2.73 bits per heavy atom. The smallest absolute Gasteiger partial charge is 0.339 e. The number of carboxylic acids is 1. The van der Waals surface area contributed by atoms with Crippen molar-refractivity contribution >= 4 is 18.3 Å². The fourth-order valence-electron chi connectivity index (χ4n) is 1.14. The van der Waals surface area contributed by atoms with Gasteiger partial charge in [-0.25, -0.2) is 4.79 Å². The number of hydrogen-bond donors (Lipinski definition) is 1. The maximum atomic E-state index is 10.8. The Bertz CT molecular complexity index is 407. The molecule has 0 atom stereocenters. The van der Waals surface area contributed by atoms with E-state index in [1.807, 2.05) is 0 Å². The highest BCUT2D eigenvalue weighted by Crippen LogP contribution is 2.20. The topological polar surface area (TPSA) is 63.6 Å². The molecule has 0 spiro atoms. The number of ether oxygens (including phenoxy) is 1. The first-order chi connectivity index (χ1) is 7.19. The number of carboxylic acid groups (broad SMARTS) is 1. The second-order valence-corrected chi connectivity index (χ2v) is 2.76. The van der Waals surface area contributed by atoms with Gasteiger partial charge in [-0.05, 0) is 23.8 Å². The zero-order chi connectivity index (χ0) is 11.3. The van der Waals surface area contributed by atoms with Gasteiger partial charge < -0.3 is 9.84 Å². The van der Waals surface area contributed by atoms with Crippen molar-refractivity contribution in [1.82, 2.24) is 0 Å². The summed E-state index contributed by atoms with van der Waals surface area (Å²) >= 11 is 0. The van der Waals surface area contributed by atoms with Gasteiger partial charge in [-0.2, -0.15) is 0 Å². The second kappa shape index (κ2) is 4.95. The van der Waals surface area contributed by atoms with Crippen LogP contribution in [-0.4, -0.2) is 24.5 Å². The van der Waals surface area contributed by atoms with Gasteiger partial charge in [-0.15, -0.1) is 0 Å². The largest absolute Gasteiger partial charge is 0.496 e. The maximum Gasteiger partial charge on any atom is 0.339 e. The summed E-state index contributed by atoms with van der Waals surface area (Å²) in [4.78, 5) is 20.8. The summed E-state index contributed by atoms with van der Waals surface area (Å²) in [5.41, 5.74) is 0.810. The minimum absolute atomic E-state index is 0.0979. The lowest BCUT2D eigenvalue weighted by Gasteiger charge is -2.05. The summed E-state index contributed by atoms with van der Waals surface area (Å²) < 4.78 is 4.92. The van der Waals surface area contributed by atoms with Gasteiger partial charge in [0.2, 0.25) is 0 Å². The summed E-state index contributed by atoms with van der Waals surface area (Å²) in [6.07, 6.45) is 3.55. The van der Waals surface area contributed by atoms with Crippen LogP contribution in [0.15, 0.2) is 24.3 Å². The Morgan fingerprint density at radius 2 is 2.20 bits per heavy atom. The van der Waals surface area contributed by atoms with E-state index in [1.165, 1.54) is 19.3 Å². The molecule has 15 heavy (non-hydrogen) atoms. The van der Waals surface area contributed by atoms with Crippen molar-refractivity contribution in [3.8, 4) is 5.75 Å². The van der Waals surface area contributed by atoms with Crippen LogP contribution in [-0.2, 0) is 4.79 Å². The molecule has 1 aromatic rings. The highest BCUT2D eigenvalue weighted by atomic mass is 16.5. The predicted octanol–water partition coefficient (Wildman–Crippen LogP) is 1.61. The van der Waals surface area contributed by atoms with Crippen LogP contribution >= 0.6 is 0 Å². The molecular weight excluding hydrogens is 196 g/mol. The van der Waals surface area contributed by atoms with Crippen molar-refractivity contribution in [2.24, 2.45) is 0 Å². The van der Waals surface area contributed by atoms with Gasteiger partial charge in [-0.1, -0.05) is 12.1 Å². The van der Waals surface area contributed by atoms with Crippen LogP contribution in [0.2, 0.25) is 0 Å². The summed E-state index contributed by atoms with van der Waals surface area (Å²) in [5, 5.41) is 8.81. The molecule has 78 valence electrons. The molecule has 4 nitrogen and oxygen atoms in total. The van der Waals surface area contributed by atoms with Crippen LogP contribution < -0.4 is 4.74 Å². The molecule has 1 rings (SSSR count). The molecule has 0 aliphatic carbocycles. The molecule has 0 aromatic heterocycles. The Balaban J connectivity index is 3.12. The van der Waals surface area contributed by atoms with E-state index in [-0.39, 0.29) is 11.3 Å². The number of aromatic carboxylic acids is 1. The molecule has 0 heterocycles. The monoisotopic (exact) mass is 206 g/mol. The lowest BCUT2D eigenvalue weighted by molar-refractivity contribution is -0.104. The van der Waals surface area contributed by atoms with Gasteiger partial charge in [0.05, 0.1) is 7.11 Å². The summed E-state index contributed by atoms with van der Waals surface area (Å²) in [6, 6.07) is 4.60. The minimum atomic E-state index is -1.04. The average molecular weight is 206 g/mol. The molecule has 0 bridgehead atoms. The predicted molar refractivity (Wildman–Crippen MR) is 55.1 cm³/mol. The van der Waals surface area contributed by atoms with E-state index in [9.17, 15) is 9.59 Å². The van der Waals surface area contributed by atoms with Crippen molar-refractivity contribution in [2.45, 2.75) is 0 Å². The van der Waals surface area contributed by atoms with Crippen LogP contribution in [0.3, 0.4) is 0 Å². The summed E-state index contributed by atoms with van der Waals surface area (Å²) in [5.74, 6) is -0.770. The van der Waals surface area contributed by atoms with Crippen molar-refractivity contribution in [2.75, 3.05) is 7.11 Å². The van der Waals surface area contributed by atoms with Crippen molar-refractivity contribution in [1.29, 1.82) is 0 Å². The van der Waals surface area contributed by atoms with Crippen molar-refractivity contribution in [3.63, 3.8) is 0 Å². The summed E-state index contributed by atoms with van der Waals surface area (Å²) in [7, 11) is 1.40. The Labute approximate surface area is 86.8 Å². The van der Waals surface area contributed by atoms with E-state index in [4.69, 9.17) is 9.84 Å². The maximum absolute atomic E-state index is 10.8. The number of rotatable bonds is 4. The molecule has 1 N–H and O–H groups in total. The molecule has 0 radical (unpaired) electrons. The molecule has 0 saturated heterocycles. The van der Waals surface area contributed by atoms with Crippen LogP contribution in [0, 0.1) is 0 Å². The standard InChI is InChI=1S/C11H10O4/c1-15-10-7-8(3-2-6-12)4-5-9(10)11(13)14/h2-7H,1H3,(H,13,14). The lowest BCUT2D eigenvalue weighted by atomic mass is 10.1. The SMILES string of the molecule is COc1cc(C=CC=O)ccc1C(=O)O. The number of aldehydes is 1. The highest BCUT2D eigenvalue weighted by molar-refractivity contribution is 5.91. The molecule has 0 saturated carbocycles. The van der Waals surface area contributed by atoms with Crippen LogP contribution in [0.5, 0.6) is 5.75 Å². The quantitative estimate of drug-likeness (QED) is 0.600. The Morgan fingerprint density at radius 1 is 1.47 bits per heavy atom. The number of methoxy groups -OCH3 is 1. The molecule has 1 aromatic carbocycles. The lowest BCUT2D eigenvalue weighted by Crippen LogP contribution is -2.00. The molecule has 0 aliphatic heterocycles. The first kappa shape index (κ1) is 11.0. The van der Waals surface area contributed by atoms with Gasteiger partial charge in [0.15, 0.2) is 0 Å². The van der Waals surface area contributed by atoms with Gasteiger partial charge in [0.1, 0.15) is 17.6 Å². The van der Waals surface area contributed by atoms with E-state index in [2.05, 4.69) is 0 Å². The molecular formula is C11H10O4. The number of carbonyl (C=O) groups is 2. The van der Waals surface area contributed by atoms with Gasteiger partial charge in [0, 0.05) is 0 Å². The number of allylic oxidation sites excluding steroid dienone is 1. The molecule has 4 heteroatoms. The third-order valence-corrected chi connectivity index (χ3v) is 1.82. The molecule has 0 amide bonds. The number of benzene rings is 1. The number of carbonyl (C=O) groups excluding carboxylic acids is 1. The van der Waals surface area contributed by atoms with Crippen LogP contribution in [0.25, 0.3) is 6.08 Å².